The van der Waals surface area contributed by atoms with Crippen LogP contribution in [0.3, 0.4) is 0 Å². The lowest BCUT2D eigenvalue weighted by atomic mass is 10.1. The second-order valence-electron chi connectivity index (χ2n) is 5.69. The predicted molar refractivity (Wildman–Crippen MR) is 111 cm³/mol. The zero-order valence-electron chi connectivity index (χ0n) is 14.5. The summed E-state index contributed by atoms with van der Waals surface area (Å²) < 4.78 is 0.863. The number of hydrogen-bond donors (Lipinski definition) is 0. The van der Waals surface area contributed by atoms with Gasteiger partial charge >= 0.3 is 0 Å². The molecule has 1 aromatic carbocycles. The number of ketones is 1. The van der Waals surface area contributed by atoms with E-state index in [4.69, 9.17) is 23.8 Å². The summed E-state index contributed by atoms with van der Waals surface area (Å²) in [6.45, 7) is 10.3. The van der Waals surface area contributed by atoms with E-state index in [1.807, 2.05) is 0 Å². The fourth-order valence-electron chi connectivity index (χ4n) is 2.10. The van der Waals surface area contributed by atoms with E-state index in [0.29, 0.717) is 21.9 Å². The number of rotatable bonds is 10. The maximum absolute atomic E-state index is 12.4. The monoisotopic (exact) mass is 383 g/mol. The number of halogens is 1. The SMILES string of the molecule is C=C(CSC(=S)N(CCCC)CCCC)C(=O)c1ccc(Cl)cc1. The molecule has 0 spiro atoms. The van der Waals surface area contributed by atoms with E-state index >= 15 is 0 Å². The van der Waals surface area contributed by atoms with Crippen LogP contribution in [-0.2, 0) is 0 Å². The third-order valence-electron chi connectivity index (χ3n) is 3.62. The van der Waals surface area contributed by atoms with Gasteiger partial charge in [0.15, 0.2) is 5.78 Å². The average Bonchev–Trinajstić information content (AvgIpc) is 2.59. The maximum Gasteiger partial charge on any atom is 0.189 e. The summed E-state index contributed by atoms with van der Waals surface area (Å²) >= 11 is 12.9. The van der Waals surface area contributed by atoms with Crippen molar-refractivity contribution in [3.05, 3.63) is 47.0 Å². The predicted octanol–water partition coefficient (Wildman–Crippen LogP) is 6.00. The Morgan fingerprint density at radius 3 is 2.21 bits per heavy atom. The number of nitrogens with zero attached hydrogens (tertiary/aromatic N) is 1. The zero-order chi connectivity index (χ0) is 17.9. The van der Waals surface area contributed by atoms with Crippen LogP contribution >= 0.6 is 35.6 Å². The first-order chi connectivity index (χ1) is 11.5. The molecule has 0 unspecified atom stereocenters. The molecule has 2 nitrogen and oxygen atoms in total. The van der Waals surface area contributed by atoms with E-state index in [1.54, 1.807) is 24.3 Å². The molecule has 0 radical (unpaired) electrons. The Kier molecular flexibility index (Phi) is 10.3. The molecule has 0 bridgehead atoms. The van der Waals surface area contributed by atoms with Gasteiger partial charge in [0.2, 0.25) is 0 Å². The van der Waals surface area contributed by atoms with Crippen LogP contribution in [0.1, 0.15) is 49.9 Å². The standard InChI is InChI=1S/C19H26ClNOS2/c1-4-6-12-21(13-7-5-2)19(23)24-14-15(3)18(22)16-8-10-17(20)11-9-16/h8-11H,3-7,12-14H2,1-2H3. The fraction of sp³-hybridized carbons (Fsp3) is 0.474. The van der Waals surface area contributed by atoms with Gasteiger partial charge in [-0.2, -0.15) is 0 Å². The van der Waals surface area contributed by atoms with Crippen LogP contribution in [-0.4, -0.2) is 33.8 Å². The molecule has 0 atom stereocenters. The van der Waals surface area contributed by atoms with Crippen molar-refractivity contribution in [2.24, 2.45) is 0 Å². The van der Waals surface area contributed by atoms with E-state index in [9.17, 15) is 4.79 Å². The van der Waals surface area contributed by atoms with Crippen molar-refractivity contribution in [3.63, 3.8) is 0 Å². The van der Waals surface area contributed by atoms with E-state index in [1.165, 1.54) is 11.8 Å². The molecule has 5 heteroatoms. The van der Waals surface area contributed by atoms with Gasteiger partial charge in [-0.05, 0) is 37.1 Å². The highest BCUT2D eigenvalue weighted by Crippen LogP contribution is 2.18. The summed E-state index contributed by atoms with van der Waals surface area (Å²) in [5.74, 6) is 0.477. The molecule has 0 aliphatic heterocycles. The van der Waals surface area contributed by atoms with Gasteiger partial charge in [-0.25, -0.2) is 0 Å². The zero-order valence-corrected chi connectivity index (χ0v) is 16.9. The number of thiocarbonyl (C=S) groups is 1. The summed E-state index contributed by atoms with van der Waals surface area (Å²) in [5.41, 5.74) is 1.18. The molecular formula is C19H26ClNOS2. The van der Waals surface area contributed by atoms with E-state index in [-0.39, 0.29) is 5.78 Å². The highest BCUT2D eigenvalue weighted by atomic mass is 35.5. The first-order valence-corrected chi connectivity index (χ1v) is 10.2. The third kappa shape index (κ3) is 7.37. The molecule has 1 aromatic rings. The van der Waals surface area contributed by atoms with Crippen molar-refractivity contribution in [2.45, 2.75) is 39.5 Å². The quantitative estimate of drug-likeness (QED) is 0.280. The fourth-order valence-corrected chi connectivity index (χ4v) is 3.38. The molecule has 1 rings (SSSR count). The summed E-state index contributed by atoms with van der Waals surface area (Å²) in [7, 11) is 0. The lowest BCUT2D eigenvalue weighted by molar-refractivity contribution is 0.103. The van der Waals surface area contributed by atoms with Crippen molar-refractivity contribution in [1.82, 2.24) is 4.90 Å². The number of Topliss-reactive ketones (excluding diaryl/α,β-unsaturated/α-hetero) is 1. The smallest absolute Gasteiger partial charge is 0.189 e. The average molecular weight is 384 g/mol. The van der Waals surface area contributed by atoms with Crippen LogP contribution in [0, 0.1) is 0 Å². The highest BCUT2D eigenvalue weighted by molar-refractivity contribution is 8.23. The Hall–Kier alpha value is -0.840. The topological polar surface area (TPSA) is 20.3 Å². The minimum atomic E-state index is -0.0457. The largest absolute Gasteiger partial charge is 0.358 e. The second-order valence-corrected chi connectivity index (χ2v) is 7.73. The first kappa shape index (κ1) is 21.2. The van der Waals surface area contributed by atoms with Crippen LogP contribution in [0.25, 0.3) is 0 Å². The molecule has 0 aromatic heterocycles. The van der Waals surface area contributed by atoms with Gasteiger partial charge < -0.3 is 4.90 Å². The summed E-state index contributed by atoms with van der Waals surface area (Å²) in [5, 5.41) is 0.621. The number of unbranched alkanes of at least 4 members (excludes halogenated alkanes) is 2. The molecule has 0 heterocycles. The van der Waals surface area contributed by atoms with Crippen LogP contribution in [0.2, 0.25) is 5.02 Å². The van der Waals surface area contributed by atoms with Gasteiger partial charge in [0, 0.05) is 35.0 Å². The number of thioether (sulfide) groups is 1. The molecule has 24 heavy (non-hydrogen) atoms. The molecule has 0 N–H and O–H groups in total. The molecule has 0 saturated heterocycles. The molecule has 0 fully saturated rings. The minimum Gasteiger partial charge on any atom is -0.358 e. The van der Waals surface area contributed by atoms with Gasteiger partial charge in [0.1, 0.15) is 4.32 Å². The molecule has 0 saturated carbocycles. The molecule has 132 valence electrons. The van der Waals surface area contributed by atoms with E-state index in [2.05, 4.69) is 25.3 Å². The molecular weight excluding hydrogens is 358 g/mol. The van der Waals surface area contributed by atoms with Crippen LogP contribution in [0.5, 0.6) is 0 Å². The van der Waals surface area contributed by atoms with Crippen molar-refractivity contribution in [1.29, 1.82) is 0 Å². The third-order valence-corrected chi connectivity index (χ3v) is 5.48. The summed E-state index contributed by atoms with van der Waals surface area (Å²) in [6, 6.07) is 6.90. The minimum absolute atomic E-state index is 0.0457. The van der Waals surface area contributed by atoms with Crippen molar-refractivity contribution < 1.29 is 4.79 Å². The Morgan fingerprint density at radius 1 is 1.17 bits per heavy atom. The van der Waals surface area contributed by atoms with Gasteiger partial charge in [-0.1, -0.05) is 68.8 Å². The van der Waals surface area contributed by atoms with Gasteiger partial charge in [-0.3, -0.25) is 4.79 Å². The lowest BCUT2D eigenvalue weighted by Gasteiger charge is -2.24. The van der Waals surface area contributed by atoms with E-state index in [0.717, 1.165) is 43.1 Å². The molecule has 0 aliphatic rings. The van der Waals surface area contributed by atoms with Crippen molar-refractivity contribution in [2.75, 3.05) is 18.8 Å². The van der Waals surface area contributed by atoms with Gasteiger partial charge in [-0.15, -0.1) is 0 Å². The molecule has 0 aliphatic carbocycles. The summed E-state index contributed by atoms with van der Waals surface area (Å²) in [6.07, 6.45) is 4.57. The van der Waals surface area contributed by atoms with Crippen LogP contribution in [0.15, 0.2) is 36.4 Å². The Labute approximate surface area is 160 Å². The molecule has 0 amide bonds. The lowest BCUT2D eigenvalue weighted by Crippen LogP contribution is -2.30. The second kappa shape index (κ2) is 11.7. The number of carbonyl (C=O) groups excluding carboxylic acids is 1. The Morgan fingerprint density at radius 2 is 1.71 bits per heavy atom. The van der Waals surface area contributed by atoms with Crippen LogP contribution in [0.4, 0.5) is 0 Å². The Bertz CT molecular complexity index is 549. The normalized spacial score (nSPS) is 10.5. The number of carbonyl (C=O) groups is 1. The number of hydrogen-bond acceptors (Lipinski definition) is 3. The highest BCUT2D eigenvalue weighted by Gasteiger charge is 2.14. The van der Waals surface area contributed by atoms with Crippen molar-refractivity contribution >= 4 is 45.7 Å². The van der Waals surface area contributed by atoms with Crippen LogP contribution < -0.4 is 0 Å². The van der Waals surface area contributed by atoms with Gasteiger partial charge in [0.25, 0.3) is 0 Å². The first-order valence-electron chi connectivity index (χ1n) is 8.39. The van der Waals surface area contributed by atoms with Crippen molar-refractivity contribution in [3.8, 4) is 0 Å². The van der Waals surface area contributed by atoms with Gasteiger partial charge in [0.05, 0.1) is 0 Å². The van der Waals surface area contributed by atoms with E-state index < -0.39 is 0 Å². The summed E-state index contributed by atoms with van der Waals surface area (Å²) in [4.78, 5) is 14.6. The number of benzene rings is 1. The Balaban J connectivity index is 2.54. The maximum atomic E-state index is 12.4.